The third-order valence-electron chi connectivity index (χ3n) is 1.95. The lowest BCUT2D eigenvalue weighted by atomic mass is 10.4. The number of hydrogen-bond acceptors (Lipinski definition) is 2. The van der Waals surface area contributed by atoms with Crippen LogP contribution in [0.25, 0.3) is 0 Å². The van der Waals surface area contributed by atoms with Gasteiger partial charge in [0.1, 0.15) is 0 Å². The van der Waals surface area contributed by atoms with Crippen LogP contribution in [0.4, 0.5) is 0 Å². The molecular formula is C11H24O2Si. The lowest BCUT2D eigenvalue weighted by Gasteiger charge is -2.21. The van der Waals surface area contributed by atoms with Crippen molar-refractivity contribution in [3.63, 3.8) is 0 Å². The molecule has 0 aromatic rings. The highest BCUT2D eigenvalue weighted by molar-refractivity contribution is 6.71. The van der Waals surface area contributed by atoms with Gasteiger partial charge in [-0.25, -0.2) is 0 Å². The molecule has 0 aromatic carbocycles. The van der Waals surface area contributed by atoms with Gasteiger partial charge in [0.25, 0.3) is 0 Å². The van der Waals surface area contributed by atoms with Crippen LogP contribution in [0.1, 0.15) is 20.3 Å². The molecule has 0 aromatic heterocycles. The topological polar surface area (TPSA) is 18.5 Å². The van der Waals surface area contributed by atoms with Crippen LogP contribution >= 0.6 is 0 Å². The third-order valence-corrected chi connectivity index (χ3v) is 4.58. The Morgan fingerprint density at radius 2 is 2.00 bits per heavy atom. The maximum Gasteiger partial charge on any atom is 0.186 e. The molecule has 0 radical (unpaired) electrons. The second-order valence-corrected chi connectivity index (χ2v) is 8.61. The van der Waals surface area contributed by atoms with Gasteiger partial charge in [0.2, 0.25) is 0 Å². The van der Waals surface area contributed by atoms with Crippen LogP contribution in [-0.4, -0.2) is 28.1 Å². The van der Waals surface area contributed by atoms with E-state index in [1.165, 1.54) is 6.04 Å². The largest absolute Gasteiger partial charge is 0.418 e. The summed E-state index contributed by atoms with van der Waals surface area (Å²) in [5, 5.41) is 0. The zero-order valence-corrected chi connectivity index (χ0v) is 11.1. The zero-order chi connectivity index (χ0) is 11.0. The van der Waals surface area contributed by atoms with E-state index in [4.69, 9.17) is 9.16 Å². The molecule has 0 rings (SSSR count). The highest BCUT2D eigenvalue weighted by atomic mass is 28.4. The molecule has 0 saturated heterocycles. The molecule has 0 aliphatic carbocycles. The fourth-order valence-corrected chi connectivity index (χ4v) is 3.23. The van der Waals surface area contributed by atoms with Gasteiger partial charge in [-0.3, -0.25) is 0 Å². The molecule has 0 unspecified atom stereocenters. The molecule has 14 heavy (non-hydrogen) atoms. The van der Waals surface area contributed by atoms with E-state index in [0.717, 1.165) is 25.2 Å². The summed E-state index contributed by atoms with van der Waals surface area (Å²) in [6, 6.07) is 1.18. The molecule has 0 heterocycles. The third kappa shape index (κ3) is 8.47. The van der Waals surface area contributed by atoms with Gasteiger partial charge in [-0.05, 0) is 39.4 Å². The molecular weight excluding hydrogens is 192 g/mol. The Kier molecular flexibility index (Phi) is 7.14. The zero-order valence-electron chi connectivity index (χ0n) is 10.1. The SMILES string of the molecule is C=C(C)COCCC[Si](C)(C)OCC. The van der Waals surface area contributed by atoms with Crippen molar-refractivity contribution in [1.29, 1.82) is 0 Å². The van der Waals surface area contributed by atoms with Gasteiger partial charge < -0.3 is 9.16 Å². The first-order valence-corrected chi connectivity index (χ1v) is 8.45. The van der Waals surface area contributed by atoms with Crippen LogP contribution in [0.15, 0.2) is 12.2 Å². The molecule has 0 aliphatic heterocycles. The van der Waals surface area contributed by atoms with E-state index in [1.807, 2.05) is 6.92 Å². The normalized spacial score (nSPS) is 11.7. The molecule has 0 fully saturated rings. The van der Waals surface area contributed by atoms with Crippen molar-refractivity contribution in [3.05, 3.63) is 12.2 Å². The number of hydrogen-bond donors (Lipinski definition) is 0. The van der Waals surface area contributed by atoms with Crippen LogP contribution in [0, 0.1) is 0 Å². The maximum absolute atomic E-state index is 5.72. The molecule has 2 nitrogen and oxygen atoms in total. The van der Waals surface area contributed by atoms with Gasteiger partial charge in [-0.2, -0.15) is 0 Å². The fraction of sp³-hybridized carbons (Fsp3) is 0.818. The van der Waals surface area contributed by atoms with Gasteiger partial charge in [-0.15, -0.1) is 0 Å². The van der Waals surface area contributed by atoms with E-state index in [9.17, 15) is 0 Å². The highest BCUT2D eigenvalue weighted by Gasteiger charge is 2.20. The Bertz CT molecular complexity index is 167. The monoisotopic (exact) mass is 216 g/mol. The van der Waals surface area contributed by atoms with Gasteiger partial charge in [0.15, 0.2) is 8.32 Å². The van der Waals surface area contributed by atoms with Crippen LogP contribution in [0.2, 0.25) is 19.1 Å². The van der Waals surface area contributed by atoms with Crippen molar-refractivity contribution in [1.82, 2.24) is 0 Å². The van der Waals surface area contributed by atoms with Gasteiger partial charge in [0.05, 0.1) is 6.61 Å². The number of ether oxygens (including phenoxy) is 1. The minimum Gasteiger partial charge on any atom is -0.418 e. The Labute approximate surface area is 89.4 Å². The molecule has 3 heteroatoms. The summed E-state index contributed by atoms with van der Waals surface area (Å²) in [4.78, 5) is 0. The van der Waals surface area contributed by atoms with E-state index < -0.39 is 8.32 Å². The predicted octanol–water partition coefficient (Wildman–Crippen LogP) is 3.21. The van der Waals surface area contributed by atoms with Gasteiger partial charge >= 0.3 is 0 Å². The molecule has 0 saturated carbocycles. The van der Waals surface area contributed by atoms with Crippen molar-refractivity contribution < 1.29 is 9.16 Å². The maximum atomic E-state index is 5.72. The van der Waals surface area contributed by atoms with Crippen molar-refractivity contribution in [3.8, 4) is 0 Å². The van der Waals surface area contributed by atoms with Crippen LogP contribution in [0.3, 0.4) is 0 Å². The fourth-order valence-electron chi connectivity index (χ4n) is 1.31. The molecule has 0 atom stereocenters. The van der Waals surface area contributed by atoms with Crippen molar-refractivity contribution >= 4 is 8.32 Å². The molecule has 0 spiro atoms. The molecule has 0 aliphatic rings. The molecule has 84 valence electrons. The Morgan fingerprint density at radius 3 is 2.50 bits per heavy atom. The summed E-state index contributed by atoms with van der Waals surface area (Å²) in [6.07, 6.45) is 1.10. The summed E-state index contributed by atoms with van der Waals surface area (Å²) in [5.41, 5.74) is 1.09. The lowest BCUT2D eigenvalue weighted by Crippen LogP contribution is -2.30. The lowest BCUT2D eigenvalue weighted by molar-refractivity contribution is 0.155. The standard InChI is InChI=1S/C11H24O2Si/c1-6-13-14(4,5)9-7-8-12-10-11(2)3/h2,6-10H2,1,3-5H3. The van der Waals surface area contributed by atoms with E-state index in [0.29, 0.717) is 6.61 Å². The molecule has 0 N–H and O–H groups in total. The van der Waals surface area contributed by atoms with Crippen LogP contribution in [0.5, 0.6) is 0 Å². The van der Waals surface area contributed by atoms with Gasteiger partial charge in [0, 0.05) is 13.2 Å². The Morgan fingerprint density at radius 1 is 1.36 bits per heavy atom. The van der Waals surface area contributed by atoms with Gasteiger partial charge in [-0.1, -0.05) is 12.2 Å². The first kappa shape index (κ1) is 13.9. The minimum atomic E-state index is -1.38. The summed E-state index contributed by atoms with van der Waals surface area (Å²) < 4.78 is 11.2. The predicted molar refractivity (Wildman–Crippen MR) is 64.2 cm³/mol. The summed E-state index contributed by atoms with van der Waals surface area (Å²) in [7, 11) is -1.38. The highest BCUT2D eigenvalue weighted by Crippen LogP contribution is 2.13. The van der Waals surface area contributed by atoms with Crippen molar-refractivity contribution in [2.75, 3.05) is 19.8 Å². The smallest absolute Gasteiger partial charge is 0.186 e. The molecule has 0 amide bonds. The van der Waals surface area contributed by atoms with Crippen molar-refractivity contribution in [2.24, 2.45) is 0 Å². The van der Waals surface area contributed by atoms with E-state index in [-0.39, 0.29) is 0 Å². The van der Waals surface area contributed by atoms with Crippen molar-refractivity contribution in [2.45, 2.75) is 39.4 Å². The first-order valence-electron chi connectivity index (χ1n) is 5.34. The van der Waals surface area contributed by atoms with E-state index >= 15 is 0 Å². The second-order valence-electron chi connectivity index (χ2n) is 4.31. The quantitative estimate of drug-likeness (QED) is 0.352. The summed E-state index contributed by atoms with van der Waals surface area (Å²) >= 11 is 0. The number of rotatable bonds is 8. The average molecular weight is 216 g/mol. The Hall–Kier alpha value is -0.123. The Balaban J connectivity index is 3.39. The summed E-state index contributed by atoms with van der Waals surface area (Å²) in [6.45, 7) is 14.7. The first-order chi connectivity index (χ1) is 6.48. The molecule has 0 bridgehead atoms. The van der Waals surface area contributed by atoms with Crippen LogP contribution < -0.4 is 0 Å². The second kappa shape index (κ2) is 7.21. The van der Waals surface area contributed by atoms with Crippen LogP contribution in [-0.2, 0) is 9.16 Å². The summed E-state index contributed by atoms with van der Waals surface area (Å²) in [5.74, 6) is 0. The minimum absolute atomic E-state index is 0.691. The average Bonchev–Trinajstić information content (AvgIpc) is 2.02. The van der Waals surface area contributed by atoms with E-state index in [2.05, 4.69) is 26.6 Å². The van der Waals surface area contributed by atoms with E-state index in [1.54, 1.807) is 0 Å².